The largest absolute Gasteiger partial charge is 0.507 e. The minimum Gasteiger partial charge on any atom is -0.507 e. The van der Waals surface area contributed by atoms with Crippen molar-refractivity contribution in [3.05, 3.63) is 47.1 Å². The summed E-state index contributed by atoms with van der Waals surface area (Å²) in [6, 6.07) is 2.20. The second-order valence-corrected chi connectivity index (χ2v) is 13.8. The van der Waals surface area contributed by atoms with Crippen LogP contribution in [0.5, 0.6) is 11.5 Å². The number of hydrogen-bond donors (Lipinski definition) is 3. The van der Waals surface area contributed by atoms with E-state index in [1.165, 1.54) is 6.92 Å². The van der Waals surface area contributed by atoms with E-state index in [9.17, 15) is 24.4 Å². The quantitative estimate of drug-likeness (QED) is 0.0859. The first kappa shape index (κ1) is 35.7. The number of aliphatic hydroxyl groups is 1. The van der Waals surface area contributed by atoms with Crippen molar-refractivity contribution in [2.75, 3.05) is 6.61 Å². The van der Waals surface area contributed by atoms with E-state index in [0.29, 0.717) is 24.8 Å². The molecule has 0 fully saturated rings. The van der Waals surface area contributed by atoms with Crippen LogP contribution in [0.4, 0.5) is 4.79 Å². The van der Waals surface area contributed by atoms with Gasteiger partial charge in [0.15, 0.2) is 0 Å². The van der Waals surface area contributed by atoms with E-state index in [1.54, 1.807) is 48.6 Å². The summed E-state index contributed by atoms with van der Waals surface area (Å²) in [5, 5.41) is 23.8. The average Bonchev–Trinajstić information content (AvgIpc) is 2.87. The van der Waals surface area contributed by atoms with Crippen LogP contribution in [-0.2, 0) is 25.3 Å². The zero-order valence-electron chi connectivity index (χ0n) is 26.5. The average molecular weight is 603 g/mol. The SMILES string of the molecule is BC(B)(O)C1=CC(c2c(O)cc(CCCCC)cc2OP(=O)(NC(C)C(=O)OC(C)C)C(=O)OCC)C(C(=C)C)CC1. The van der Waals surface area contributed by atoms with E-state index in [-0.39, 0.29) is 24.0 Å². The van der Waals surface area contributed by atoms with E-state index in [0.717, 1.165) is 36.0 Å². The zero-order chi connectivity index (χ0) is 31.8. The van der Waals surface area contributed by atoms with Crippen LogP contribution >= 0.6 is 7.52 Å². The summed E-state index contributed by atoms with van der Waals surface area (Å²) in [6.07, 6.45) is 6.28. The number of allylic oxidation sites excluding steroid dienone is 2. The molecule has 42 heavy (non-hydrogen) atoms. The molecule has 1 aliphatic carbocycles. The molecule has 9 nitrogen and oxygen atoms in total. The smallest absolute Gasteiger partial charge is 0.424 e. The molecule has 0 bridgehead atoms. The summed E-state index contributed by atoms with van der Waals surface area (Å²) in [4.78, 5) is 25.7. The standard InChI is InChI=1S/C30H48B2NO8P/c1-8-10-11-12-21-15-25(34)27(24-17-22(30(31,32)37)13-14-23(24)18(3)4)26(16-21)41-42(38,29(36)39-9-2)33-20(7)28(35)40-19(5)6/h15-17,19-20,23-24,34,37H,3,8-14,31-32H2,1-2,4-7H3,(H,33,38). The molecule has 1 aromatic rings. The van der Waals surface area contributed by atoms with Crippen molar-refractivity contribution in [1.82, 2.24) is 5.09 Å². The Hall–Kier alpha value is -2.48. The van der Waals surface area contributed by atoms with Gasteiger partial charge in [0.25, 0.3) is 0 Å². The molecule has 4 atom stereocenters. The van der Waals surface area contributed by atoms with Crippen molar-refractivity contribution in [2.24, 2.45) is 5.92 Å². The summed E-state index contributed by atoms with van der Waals surface area (Å²) in [7, 11) is -1.14. The Labute approximate surface area is 252 Å². The van der Waals surface area contributed by atoms with Gasteiger partial charge in [0.1, 0.15) is 33.2 Å². The number of phenols is 1. The first-order valence-corrected chi connectivity index (χ1v) is 16.6. The van der Waals surface area contributed by atoms with Gasteiger partial charge in [0, 0.05) is 16.9 Å². The lowest BCUT2D eigenvalue weighted by molar-refractivity contribution is -0.149. The van der Waals surface area contributed by atoms with Gasteiger partial charge in [-0.15, -0.1) is 0 Å². The second kappa shape index (κ2) is 15.3. The van der Waals surface area contributed by atoms with Crippen LogP contribution in [0.25, 0.3) is 0 Å². The number of aromatic hydroxyl groups is 1. The minimum absolute atomic E-state index is 0.0410. The van der Waals surface area contributed by atoms with Gasteiger partial charge in [-0.2, -0.15) is 0 Å². The number of esters is 1. The molecule has 0 spiro atoms. The lowest BCUT2D eigenvalue weighted by Gasteiger charge is -2.36. The fourth-order valence-corrected chi connectivity index (χ4v) is 6.74. The number of ether oxygens (including phenoxy) is 2. The predicted octanol–water partition coefficient (Wildman–Crippen LogP) is 4.69. The maximum Gasteiger partial charge on any atom is 0.424 e. The predicted molar refractivity (Wildman–Crippen MR) is 171 cm³/mol. The fourth-order valence-electron chi connectivity index (χ4n) is 5.16. The van der Waals surface area contributed by atoms with E-state index in [4.69, 9.17) is 14.0 Å². The molecule has 3 N–H and O–H groups in total. The molecular weight excluding hydrogens is 555 g/mol. The number of phenolic OH excluding ortho intramolecular Hbond substituents is 1. The van der Waals surface area contributed by atoms with Crippen LogP contribution in [-0.4, -0.2) is 61.7 Å². The minimum atomic E-state index is -4.56. The number of aryl methyl sites for hydroxylation is 1. The third-order valence-electron chi connectivity index (χ3n) is 7.34. The highest BCUT2D eigenvalue weighted by molar-refractivity contribution is 7.74. The lowest BCUT2D eigenvalue weighted by atomic mass is 9.57. The van der Waals surface area contributed by atoms with E-state index in [1.807, 2.05) is 13.0 Å². The third-order valence-corrected chi connectivity index (χ3v) is 9.14. The number of rotatable bonds is 15. The highest BCUT2D eigenvalue weighted by atomic mass is 31.2. The van der Waals surface area contributed by atoms with Gasteiger partial charge in [0.05, 0.1) is 12.7 Å². The fraction of sp³-hybridized carbons (Fsp3) is 0.600. The van der Waals surface area contributed by atoms with E-state index < -0.39 is 42.7 Å². The van der Waals surface area contributed by atoms with Crippen molar-refractivity contribution in [1.29, 1.82) is 0 Å². The molecule has 0 amide bonds. The van der Waals surface area contributed by atoms with Crippen LogP contribution in [0.15, 0.2) is 35.9 Å². The first-order valence-electron chi connectivity index (χ1n) is 14.9. The Morgan fingerprint density at radius 2 is 1.88 bits per heavy atom. The molecule has 12 heteroatoms. The van der Waals surface area contributed by atoms with Gasteiger partial charge in [0.2, 0.25) is 0 Å². The second-order valence-electron chi connectivity index (χ2n) is 11.9. The molecule has 1 aliphatic rings. The maximum atomic E-state index is 14.3. The molecular formula is C30H48B2NO8P. The van der Waals surface area contributed by atoms with Gasteiger partial charge in [-0.05, 0) is 83.9 Å². The molecule has 2 rings (SSSR count). The van der Waals surface area contributed by atoms with E-state index >= 15 is 0 Å². The Balaban J connectivity index is 2.75. The number of unbranched alkanes of at least 4 members (excludes halogenated alkanes) is 2. The van der Waals surface area contributed by atoms with Crippen molar-refractivity contribution in [3.63, 3.8) is 0 Å². The molecule has 0 saturated carbocycles. The number of carbonyl (C=O) groups excluding carboxylic acids is 2. The normalized spacial score (nSPS) is 19.4. The molecule has 0 radical (unpaired) electrons. The van der Waals surface area contributed by atoms with Gasteiger partial charge < -0.3 is 24.2 Å². The number of nitrogens with one attached hydrogen (secondary N) is 1. The van der Waals surface area contributed by atoms with Crippen molar-refractivity contribution >= 4 is 34.9 Å². The molecule has 4 unspecified atom stereocenters. The first-order chi connectivity index (χ1) is 19.5. The number of benzene rings is 1. The van der Waals surface area contributed by atoms with Gasteiger partial charge in [-0.1, -0.05) is 43.6 Å². The monoisotopic (exact) mass is 603 g/mol. The molecule has 1 aromatic carbocycles. The highest BCUT2D eigenvalue weighted by Crippen LogP contribution is 2.53. The molecule has 0 saturated heterocycles. The number of carbonyl (C=O) groups is 2. The maximum absolute atomic E-state index is 14.3. The topological polar surface area (TPSA) is 131 Å². The summed E-state index contributed by atoms with van der Waals surface area (Å²) in [5.74, 6) is -1.35. The Morgan fingerprint density at radius 3 is 2.43 bits per heavy atom. The summed E-state index contributed by atoms with van der Waals surface area (Å²) >= 11 is 0. The van der Waals surface area contributed by atoms with Crippen LogP contribution in [0, 0.1) is 5.92 Å². The molecule has 0 heterocycles. The summed E-state index contributed by atoms with van der Waals surface area (Å²) in [6.45, 7) is 14.5. The van der Waals surface area contributed by atoms with Crippen molar-refractivity contribution in [3.8, 4) is 11.5 Å². The summed E-state index contributed by atoms with van der Waals surface area (Å²) in [5.41, 5.74) is 1.59. The Morgan fingerprint density at radius 1 is 1.21 bits per heavy atom. The molecule has 232 valence electrons. The zero-order valence-corrected chi connectivity index (χ0v) is 27.4. The van der Waals surface area contributed by atoms with Gasteiger partial charge in [-0.25, -0.2) is 14.4 Å². The van der Waals surface area contributed by atoms with Crippen LogP contribution < -0.4 is 9.61 Å². The molecule has 0 aliphatic heterocycles. The van der Waals surface area contributed by atoms with Crippen LogP contribution in [0.2, 0.25) is 0 Å². The Kier molecular flexibility index (Phi) is 13.0. The highest BCUT2D eigenvalue weighted by Gasteiger charge is 2.42. The molecule has 0 aromatic heterocycles. The third kappa shape index (κ3) is 9.51. The van der Waals surface area contributed by atoms with E-state index in [2.05, 4.69) is 18.6 Å². The van der Waals surface area contributed by atoms with Gasteiger partial charge >= 0.3 is 19.2 Å². The van der Waals surface area contributed by atoms with Crippen LogP contribution in [0.3, 0.4) is 0 Å². The van der Waals surface area contributed by atoms with Crippen molar-refractivity contribution < 1.29 is 38.4 Å². The lowest BCUT2D eigenvalue weighted by Crippen LogP contribution is -2.37. The summed E-state index contributed by atoms with van der Waals surface area (Å²) < 4.78 is 30.7. The Bertz CT molecular complexity index is 1210. The van der Waals surface area contributed by atoms with Crippen LogP contribution in [0.1, 0.15) is 90.7 Å². The number of hydrogen-bond acceptors (Lipinski definition) is 8. The van der Waals surface area contributed by atoms with Crippen molar-refractivity contribution in [2.45, 2.75) is 104 Å². The van der Waals surface area contributed by atoms with Gasteiger partial charge in [-0.3, -0.25) is 4.79 Å².